The molecule has 0 bridgehead atoms. The summed E-state index contributed by atoms with van der Waals surface area (Å²) in [7, 11) is -0.377. The number of ether oxygens (including phenoxy) is 2. The fourth-order valence-electron chi connectivity index (χ4n) is 4.78. The highest BCUT2D eigenvalue weighted by Gasteiger charge is 2.51. The van der Waals surface area contributed by atoms with Gasteiger partial charge in [-0.1, -0.05) is 42.0 Å². The molecule has 0 saturated carbocycles. The van der Waals surface area contributed by atoms with Crippen molar-refractivity contribution in [2.45, 2.75) is 71.4 Å². The fraction of sp³-hybridized carbons (Fsp3) is 0.406. The molecule has 204 valence electrons. The van der Waals surface area contributed by atoms with E-state index in [2.05, 4.69) is 27.7 Å². The van der Waals surface area contributed by atoms with Crippen molar-refractivity contribution in [3.8, 4) is 11.5 Å². The van der Waals surface area contributed by atoms with Crippen LogP contribution in [0, 0.1) is 6.92 Å². The number of benzene rings is 3. The molecule has 0 radical (unpaired) electrons. The summed E-state index contributed by atoms with van der Waals surface area (Å²) in [5, 5.41) is 0. The molecule has 2 saturated heterocycles. The Morgan fingerprint density at radius 3 is 2.00 bits per heavy atom. The van der Waals surface area contributed by atoms with Crippen molar-refractivity contribution in [1.82, 2.24) is 4.90 Å². The van der Waals surface area contributed by atoms with Gasteiger partial charge in [0.15, 0.2) is 0 Å². The molecule has 0 aromatic heterocycles. The van der Waals surface area contributed by atoms with Gasteiger partial charge in [0.2, 0.25) is 0 Å². The van der Waals surface area contributed by atoms with E-state index in [1.807, 2.05) is 84.6 Å². The Morgan fingerprint density at radius 1 is 0.846 bits per heavy atom. The fourth-order valence-corrected chi connectivity index (χ4v) is 4.78. The lowest BCUT2D eigenvalue weighted by Gasteiger charge is -2.32. The zero-order valence-electron chi connectivity index (χ0n) is 23.6. The summed E-state index contributed by atoms with van der Waals surface area (Å²) in [6.45, 7) is 12.1. The van der Waals surface area contributed by atoms with Crippen LogP contribution in [0.25, 0.3) is 0 Å². The van der Waals surface area contributed by atoms with E-state index >= 15 is 0 Å². The van der Waals surface area contributed by atoms with Gasteiger partial charge in [-0.25, -0.2) is 0 Å². The maximum atomic E-state index is 12.8. The number of likely N-dealkylation sites (tertiary alicyclic amines) is 1. The molecule has 0 unspecified atom stereocenters. The van der Waals surface area contributed by atoms with Gasteiger partial charge in [-0.2, -0.15) is 0 Å². The smallest absolute Gasteiger partial charge is 0.490 e. The quantitative estimate of drug-likeness (QED) is 0.377. The minimum atomic E-state index is -0.377. The molecule has 2 aliphatic rings. The molecule has 3 aromatic carbocycles. The normalized spacial score (nSPS) is 18.7. The van der Waals surface area contributed by atoms with Crippen molar-refractivity contribution in [3.63, 3.8) is 0 Å². The van der Waals surface area contributed by atoms with Crippen LogP contribution in [0.1, 0.15) is 62.0 Å². The third-order valence-corrected chi connectivity index (χ3v) is 8.06. The van der Waals surface area contributed by atoms with Gasteiger partial charge in [-0.15, -0.1) is 0 Å². The molecular formula is C32H38BNO5. The van der Waals surface area contributed by atoms with Gasteiger partial charge in [0, 0.05) is 31.5 Å². The molecule has 2 heterocycles. The largest absolute Gasteiger partial charge is 0.494 e. The second-order valence-electron chi connectivity index (χ2n) is 11.6. The first kappa shape index (κ1) is 27.3. The zero-order valence-corrected chi connectivity index (χ0v) is 23.6. The average molecular weight is 527 g/mol. The Balaban J connectivity index is 1.07. The summed E-state index contributed by atoms with van der Waals surface area (Å²) in [6, 6.07) is 23.7. The van der Waals surface area contributed by atoms with E-state index in [0.29, 0.717) is 19.7 Å². The number of nitrogens with zero attached hydrogens (tertiary/aromatic N) is 1. The molecule has 0 N–H and O–H groups in total. The van der Waals surface area contributed by atoms with Crippen molar-refractivity contribution < 1.29 is 23.6 Å². The number of hydrogen-bond acceptors (Lipinski definition) is 5. The number of carbonyl (C=O) groups is 1. The van der Waals surface area contributed by atoms with Gasteiger partial charge in [0.05, 0.1) is 11.2 Å². The molecule has 7 heteroatoms. The second kappa shape index (κ2) is 11.1. The number of rotatable bonds is 7. The Morgan fingerprint density at radius 2 is 1.41 bits per heavy atom. The maximum Gasteiger partial charge on any atom is 0.494 e. The molecule has 5 rings (SSSR count). The third kappa shape index (κ3) is 6.31. The van der Waals surface area contributed by atoms with E-state index < -0.39 is 0 Å². The summed E-state index contributed by atoms with van der Waals surface area (Å²) < 4.78 is 24.5. The second-order valence-corrected chi connectivity index (χ2v) is 11.6. The van der Waals surface area contributed by atoms with E-state index in [-0.39, 0.29) is 30.3 Å². The number of carbonyl (C=O) groups excluding carboxylic acids is 1. The van der Waals surface area contributed by atoms with Crippen LogP contribution in [0.3, 0.4) is 0 Å². The number of amides is 1. The Kier molecular flexibility index (Phi) is 7.74. The average Bonchev–Trinajstić information content (AvgIpc) is 3.15. The molecule has 0 atom stereocenters. The molecule has 0 aliphatic carbocycles. The van der Waals surface area contributed by atoms with Crippen LogP contribution in [-0.4, -0.2) is 48.3 Å². The monoisotopic (exact) mass is 527 g/mol. The highest BCUT2D eigenvalue weighted by molar-refractivity contribution is 6.62. The van der Waals surface area contributed by atoms with Gasteiger partial charge in [-0.05, 0) is 82.0 Å². The summed E-state index contributed by atoms with van der Waals surface area (Å²) >= 11 is 0. The molecule has 6 nitrogen and oxygen atoms in total. The van der Waals surface area contributed by atoms with Crippen molar-refractivity contribution in [2.24, 2.45) is 0 Å². The predicted octanol–water partition coefficient (Wildman–Crippen LogP) is 5.56. The molecule has 39 heavy (non-hydrogen) atoms. The molecule has 3 aromatic rings. The van der Waals surface area contributed by atoms with Crippen LogP contribution in [0.2, 0.25) is 0 Å². The van der Waals surface area contributed by atoms with Gasteiger partial charge in [-0.3, -0.25) is 4.79 Å². The third-order valence-electron chi connectivity index (χ3n) is 8.06. The Labute approximate surface area is 232 Å². The molecular weight excluding hydrogens is 489 g/mol. The molecule has 2 aliphatic heterocycles. The van der Waals surface area contributed by atoms with Crippen LogP contribution in [0.5, 0.6) is 11.5 Å². The minimum absolute atomic E-state index is 0.0977. The van der Waals surface area contributed by atoms with Gasteiger partial charge < -0.3 is 23.7 Å². The lowest BCUT2D eigenvalue weighted by Crippen LogP contribution is -2.41. The van der Waals surface area contributed by atoms with Crippen molar-refractivity contribution in [2.75, 3.05) is 13.1 Å². The van der Waals surface area contributed by atoms with Crippen molar-refractivity contribution >= 4 is 18.5 Å². The lowest BCUT2D eigenvalue weighted by molar-refractivity contribution is 0.00578. The maximum absolute atomic E-state index is 12.8. The highest BCUT2D eigenvalue weighted by atomic mass is 16.7. The summed E-state index contributed by atoms with van der Waals surface area (Å²) in [5.41, 5.74) is 3.23. The summed E-state index contributed by atoms with van der Waals surface area (Å²) in [4.78, 5) is 14.7. The zero-order chi connectivity index (χ0) is 27.6. The van der Waals surface area contributed by atoms with Crippen LogP contribution in [0.15, 0.2) is 72.8 Å². The van der Waals surface area contributed by atoms with E-state index in [0.717, 1.165) is 46.5 Å². The lowest BCUT2D eigenvalue weighted by atomic mass is 9.79. The minimum Gasteiger partial charge on any atom is -0.490 e. The molecule has 2 fully saturated rings. The first-order chi connectivity index (χ1) is 18.6. The predicted molar refractivity (Wildman–Crippen MR) is 154 cm³/mol. The topological polar surface area (TPSA) is 57.2 Å². The summed E-state index contributed by atoms with van der Waals surface area (Å²) in [5.74, 6) is 1.73. The van der Waals surface area contributed by atoms with Crippen LogP contribution >= 0.6 is 0 Å². The Hall–Kier alpha value is -3.29. The first-order valence-corrected chi connectivity index (χ1v) is 13.8. The van der Waals surface area contributed by atoms with E-state index in [1.54, 1.807) is 0 Å². The number of piperidine rings is 1. The standard InChI is InChI=1S/C32H38BNO5/c1-23-6-10-25(11-7-23)30(35)34-20-18-29(19-21-34)37-28-14-8-24(9-15-28)22-36-27-16-12-26(13-17-27)33-38-31(2,3)32(4,5)39-33/h6-17,29H,18-22H2,1-5H3. The van der Waals surface area contributed by atoms with Gasteiger partial charge in [0.1, 0.15) is 24.2 Å². The SMILES string of the molecule is Cc1ccc(C(=O)N2CCC(Oc3ccc(COc4ccc(B5OC(C)(C)C(C)(C)O5)cc4)cc3)CC2)cc1. The Bertz CT molecular complexity index is 1250. The van der Waals surface area contributed by atoms with Gasteiger partial charge in [0.25, 0.3) is 5.91 Å². The van der Waals surface area contributed by atoms with E-state index in [9.17, 15) is 4.79 Å². The van der Waals surface area contributed by atoms with E-state index in [4.69, 9.17) is 18.8 Å². The van der Waals surface area contributed by atoms with Crippen molar-refractivity contribution in [3.05, 3.63) is 89.5 Å². The number of hydrogen-bond donors (Lipinski definition) is 0. The van der Waals surface area contributed by atoms with E-state index in [1.165, 1.54) is 0 Å². The molecule has 1 amide bonds. The van der Waals surface area contributed by atoms with Crippen molar-refractivity contribution in [1.29, 1.82) is 0 Å². The number of aryl methyl sites for hydroxylation is 1. The first-order valence-electron chi connectivity index (χ1n) is 13.8. The van der Waals surface area contributed by atoms with Gasteiger partial charge >= 0.3 is 7.12 Å². The molecule has 0 spiro atoms. The summed E-state index contributed by atoms with van der Waals surface area (Å²) in [6.07, 6.45) is 1.76. The van der Waals surface area contributed by atoms with Crippen LogP contribution in [-0.2, 0) is 15.9 Å². The van der Waals surface area contributed by atoms with Crippen LogP contribution < -0.4 is 14.9 Å². The highest BCUT2D eigenvalue weighted by Crippen LogP contribution is 2.36. The van der Waals surface area contributed by atoms with Crippen LogP contribution in [0.4, 0.5) is 0 Å².